The molecular weight excluding hydrogens is 281 g/mol. The number of aromatic hydroxyl groups is 1. The Bertz CT molecular complexity index is 419. The van der Waals surface area contributed by atoms with Crippen LogP contribution in [0.1, 0.15) is 51.0 Å². The van der Waals surface area contributed by atoms with Crippen LogP contribution in [0.4, 0.5) is 0 Å². The molecule has 0 amide bonds. The van der Waals surface area contributed by atoms with Crippen molar-refractivity contribution in [1.29, 1.82) is 0 Å². The molecule has 2 nitrogen and oxygen atoms in total. The Morgan fingerprint density at radius 2 is 1.79 bits per heavy atom. The second-order valence-electron chi connectivity index (χ2n) is 4.63. The van der Waals surface area contributed by atoms with E-state index in [0.717, 1.165) is 13.0 Å². The van der Waals surface area contributed by atoms with E-state index in [0.29, 0.717) is 10.6 Å². The van der Waals surface area contributed by atoms with Crippen LogP contribution in [0, 0.1) is 0 Å². The Morgan fingerprint density at radius 3 is 2.53 bits per heavy atom. The number of hydrogen-bond donors (Lipinski definition) is 1. The van der Waals surface area contributed by atoms with E-state index in [1.54, 1.807) is 12.3 Å². The number of phenolic OH excluding ortho intramolecular Hbond substituents is 1. The average Bonchev–Trinajstić information content (AvgIpc) is 2.38. The number of aliphatic imine (C=N–C) groups is 1. The van der Waals surface area contributed by atoms with E-state index in [2.05, 4.69) is 11.9 Å². The quantitative estimate of drug-likeness (QED) is 0.500. The first-order chi connectivity index (χ1) is 9.15. The molecule has 0 unspecified atom stereocenters. The van der Waals surface area contributed by atoms with Gasteiger partial charge in [-0.15, -0.1) is 0 Å². The molecule has 0 aliphatic heterocycles. The lowest BCUT2D eigenvalue weighted by Gasteiger charge is -2.02. The van der Waals surface area contributed by atoms with Crippen molar-refractivity contribution in [3.05, 3.63) is 27.7 Å². The van der Waals surface area contributed by atoms with Crippen LogP contribution in [0.2, 0.25) is 10.0 Å². The van der Waals surface area contributed by atoms with Gasteiger partial charge in [0.15, 0.2) is 0 Å². The van der Waals surface area contributed by atoms with Crippen molar-refractivity contribution < 1.29 is 5.11 Å². The molecule has 0 atom stereocenters. The van der Waals surface area contributed by atoms with E-state index in [9.17, 15) is 5.11 Å². The normalized spacial score (nSPS) is 11.3. The summed E-state index contributed by atoms with van der Waals surface area (Å²) in [5, 5.41) is 10.5. The van der Waals surface area contributed by atoms with Gasteiger partial charge in [-0.3, -0.25) is 4.99 Å². The summed E-state index contributed by atoms with van der Waals surface area (Å²) in [6, 6.07) is 3.18. The topological polar surface area (TPSA) is 32.6 Å². The maximum Gasteiger partial charge on any atom is 0.143 e. The summed E-state index contributed by atoms with van der Waals surface area (Å²) in [7, 11) is 0. The molecule has 0 saturated heterocycles. The van der Waals surface area contributed by atoms with Crippen molar-refractivity contribution in [3.63, 3.8) is 0 Å². The molecule has 0 spiro atoms. The summed E-state index contributed by atoms with van der Waals surface area (Å²) in [6.07, 6.45) is 9.10. The number of hydrogen-bond acceptors (Lipinski definition) is 2. The van der Waals surface area contributed by atoms with Gasteiger partial charge in [0, 0.05) is 23.3 Å². The molecule has 1 aromatic carbocycles. The van der Waals surface area contributed by atoms with Gasteiger partial charge in [-0.1, -0.05) is 62.2 Å². The van der Waals surface area contributed by atoms with Crippen LogP contribution >= 0.6 is 23.2 Å². The van der Waals surface area contributed by atoms with E-state index in [4.69, 9.17) is 23.2 Å². The van der Waals surface area contributed by atoms with Crippen molar-refractivity contribution in [1.82, 2.24) is 0 Å². The lowest BCUT2D eigenvalue weighted by Crippen LogP contribution is -1.88. The van der Waals surface area contributed by atoms with Crippen molar-refractivity contribution in [2.45, 2.75) is 45.4 Å². The summed E-state index contributed by atoms with van der Waals surface area (Å²) in [4.78, 5) is 4.30. The molecule has 0 heterocycles. The van der Waals surface area contributed by atoms with Crippen LogP contribution in [0.15, 0.2) is 17.1 Å². The molecule has 0 aliphatic carbocycles. The van der Waals surface area contributed by atoms with Crippen LogP contribution in [-0.4, -0.2) is 17.9 Å². The van der Waals surface area contributed by atoms with E-state index < -0.39 is 0 Å². The van der Waals surface area contributed by atoms with Crippen LogP contribution in [0.3, 0.4) is 0 Å². The SMILES string of the molecule is CCCCCCCCN=Cc1cc(Cl)cc(Cl)c1O. The van der Waals surface area contributed by atoms with E-state index >= 15 is 0 Å². The Labute approximate surface area is 125 Å². The van der Waals surface area contributed by atoms with Crippen molar-refractivity contribution in [2.24, 2.45) is 4.99 Å². The largest absolute Gasteiger partial charge is 0.506 e. The predicted octanol–water partition coefficient (Wildman–Crippen LogP) is 5.48. The van der Waals surface area contributed by atoms with Gasteiger partial charge < -0.3 is 5.11 Å². The monoisotopic (exact) mass is 301 g/mol. The highest BCUT2D eigenvalue weighted by Gasteiger charge is 2.05. The van der Waals surface area contributed by atoms with Gasteiger partial charge in [0.05, 0.1) is 5.02 Å². The van der Waals surface area contributed by atoms with Crippen LogP contribution in [0.5, 0.6) is 5.75 Å². The Morgan fingerprint density at radius 1 is 1.11 bits per heavy atom. The first-order valence-electron chi connectivity index (χ1n) is 6.83. The molecule has 0 saturated carbocycles. The first-order valence-corrected chi connectivity index (χ1v) is 7.58. The van der Waals surface area contributed by atoms with Gasteiger partial charge in [0.25, 0.3) is 0 Å². The maximum absolute atomic E-state index is 9.74. The minimum Gasteiger partial charge on any atom is -0.506 e. The molecule has 0 fully saturated rings. The standard InChI is InChI=1S/C15H21Cl2NO/c1-2-3-4-5-6-7-8-18-11-12-9-13(16)10-14(17)15(12)19/h9-11,19H,2-8H2,1H3. The third-order valence-corrected chi connectivity index (χ3v) is 3.44. The zero-order chi connectivity index (χ0) is 14.1. The van der Waals surface area contributed by atoms with Gasteiger partial charge in [-0.05, 0) is 18.6 Å². The molecule has 1 rings (SSSR count). The summed E-state index contributed by atoms with van der Waals surface area (Å²) < 4.78 is 0. The second-order valence-corrected chi connectivity index (χ2v) is 5.47. The molecule has 0 radical (unpaired) electrons. The van der Waals surface area contributed by atoms with Crippen LogP contribution in [-0.2, 0) is 0 Å². The molecule has 106 valence electrons. The maximum atomic E-state index is 9.74. The zero-order valence-corrected chi connectivity index (χ0v) is 12.8. The number of rotatable bonds is 8. The predicted molar refractivity (Wildman–Crippen MR) is 84.0 cm³/mol. The fourth-order valence-corrected chi connectivity index (χ4v) is 2.34. The molecule has 0 aromatic heterocycles. The van der Waals surface area contributed by atoms with Crippen LogP contribution < -0.4 is 0 Å². The van der Waals surface area contributed by atoms with Gasteiger partial charge >= 0.3 is 0 Å². The third-order valence-electron chi connectivity index (χ3n) is 2.93. The van der Waals surface area contributed by atoms with Gasteiger partial charge in [-0.25, -0.2) is 0 Å². The van der Waals surface area contributed by atoms with Crippen molar-refractivity contribution in [2.75, 3.05) is 6.54 Å². The third kappa shape index (κ3) is 6.31. The molecule has 19 heavy (non-hydrogen) atoms. The number of unbranched alkanes of at least 4 members (excludes halogenated alkanes) is 5. The smallest absolute Gasteiger partial charge is 0.143 e. The molecule has 4 heteroatoms. The van der Waals surface area contributed by atoms with E-state index in [1.165, 1.54) is 38.2 Å². The Kier molecular flexibility index (Phi) is 7.92. The van der Waals surface area contributed by atoms with E-state index in [1.807, 2.05) is 0 Å². The Balaban J connectivity index is 2.33. The average molecular weight is 302 g/mol. The summed E-state index contributed by atoms with van der Waals surface area (Å²) in [5.74, 6) is 0.0396. The van der Waals surface area contributed by atoms with Crippen LogP contribution in [0.25, 0.3) is 0 Å². The lowest BCUT2D eigenvalue weighted by molar-refractivity contribution is 0.474. The number of halogens is 2. The van der Waals surface area contributed by atoms with Gasteiger partial charge in [-0.2, -0.15) is 0 Å². The highest BCUT2D eigenvalue weighted by molar-refractivity contribution is 6.36. The number of benzene rings is 1. The fraction of sp³-hybridized carbons (Fsp3) is 0.533. The van der Waals surface area contributed by atoms with E-state index in [-0.39, 0.29) is 10.8 Å². The van der Waals surface area contributed by atoms with Crippen molar-refractivity contribution in [3.8, 4) is 5.75 Å². The first kappa shape index (κ1) is 16.3. The van der Waals surface area contributed by atoms with Gasteiger partial charge in [0.1, 0.15) is 5.75 Å². The molecular formula is C15H21Cl2NO. The molecule has 1 aromatic rings. The molecule has 0 aliphatic rings. The minimum absolute atomic E-state index is 0.0396. The zero-order valence-electron chi connectivity index (χ0n) is 11.3. The molecule has 1 N–H and O–H groups in total. The number of nitrogens with zero attached hydrogens (tertiary/aromatic N) is 1. The highest BCUT2D eigenvalue weighted by Crippen LogP contribution is 2.29. The van der Waals surface area contributed by atoms with Crippen molar-refractivity contribution >= 4 is 29.4 Å². The second kappa shape index (κ2) is 9.22. The summed E-state index contributed by atoms with van der Waals surface area (Å²) in [6.45, 7) is 2.99. The highest BCUT2D eigenvalue weighted by atomic mass is 35.5. The fourth-order valence-electron chi connectivity index (χ4n) is 1.83. The summed E-state index contributed by atoms with van der Waals surface area (Å²) in [5.41, 5.74) is 0.573. The number of phenols is 1. The summed E-state index contributed by atoms with van der Waals surface area (Å²) >= 11 is 11.7. The Hall–Kier alpha value is -0.730. The minimum atomic E-state index is 0.0396. The van der Waals surface area contributed by atoms with Gasteiger partial charge in [0.2, 0.25) is 0 Å². The lowest BCUT2D eigenvalue weighted by atomic mass is 10.1. The molecule has 0 bridgehead atoms.